The Morgan fingerprint density at radius 2 is 2.29 bits per heavy atom. The molecule has 14 heavy (non-hydrogen) atoms. The average Bonchev–Trinajstić information content (AvgIpc) is 2.26. The van der Waals surface area contributed by atoms with Crippen molar-refractivity contribution >= 4 is 0 Å². The molecule has 1 atom stereocenters. The number of aliphatic hydroxyl groups excluding tert-OH is 1. The van der Waals surface area contributed by atoms with E-state index in [1.807, 2.05) is 31.3 Å². The lowest BCUT2D eigenvalue weighted by Crippen LogP contribution is -2.19. The van der Waals surface area contributed by atoms with E-state index in [0.29, 0.717) is 0 Å². The zero-order valence-corrected chi connectivity index (χ0v) is 8.66. The van der Waals surface area contributed by atoms with Crippen molar-refractivity contribution in [2.75, 3.05) is 27.3 Å². The fourth-order valence-electron chi connectivity index (χ4n) is 1.43. The Labute approximate surface area is 84.7 Å². The van der Waals surface area contributed by atoms with E-state index in [9.17, 15) is 5.11 Å². The first kappa shape index (κ1) is 11.0. The second-order valence-corrected chi connectivity index (χ2v) is 3.21. The van der Waals surface area contributed by atoms with Crippen molar-refractivity contribution in [3.05, 3.63) is 29.8 Å². The topological polar surface area (TPSA) is 41.5 Å². The maximum atomic E-state index is 9.19. The molecule has 0 heterocycles. The molecule has 0 saturated heterocycles. The van der Waals surface area contributed by atoms with Crippen LogP contribution in [-0.2, 0) is 0 Å². The molecule has 0 fully saturated rings. The summed E-state index contributed by atoms with van der Waals surface area (Å²) in [7, 11) is 3.52. The quantitative estimate of drug-likeness (QED) is 0.736. The van der Waals surface area contributed by atoms with Crippen LogP contribution in [0.2, 0.25) is 0 Å². The van der Waals surface area contributed by atoms with Gasteiger partial charge in [0.1, 0.15) is 5.75 Å². The predicted molar refractivity (Wildman–Crippen MR) is 56.7 cm³/mol. The Balaban J connectivity index is 2.80. The van der Waals surface area contributed by atoms with Crippen molar-refractivity contribution in [1.82, 2.24) is 5.32 Å². The van der Waals surface area contributed by atoms with Gasteiger partial charge in [0.05, 0.1) is 13.7 Å². The zero-order chi connectivity index (χ0) is 10.4. The monoisotopic (exact) mass is 195 g/mol. The second kappa shape index (κ2) is 5.62. The first-order valence-corrected chi connectivity index (χ1v) is 4.71. The number of benzene rings is 1. The minimum atomic E-state index is 0.134. The minimum Gasteiger partial charge on any atom is -0.497 e. The van der Waals surface area contributed by atoms with Crippen LogP contribution in [0.5, 0.6) is 5.75 Å². The lowest BCUT2D eigenvalue weighted by molar-refractivity contribution is 0.263. The highest BCUT2D eigenvalue weighted by molar-refractivity contribution is 5.31. The molecule has 0 spiro atoms. The molecule has 3 heteroatoms. The van der Waals surface area contributed by atoms with Crippen LogP contribution in [0.15, 0.2) is 24.3 Å². The lowest BCUT2D eigenvalue weighted by atomic mass is 10.00. The van der Waals surface area contributed by atoms with Gasteiger partial charge in [0.25, 0.3) is 0 Å². The molecule has 3 nitrogen and oxygen atoms in total. The molecule has 0 bridgehead atoms. The van der Waals surface area contributed by atoms with Gasteiger partial charge in [-0.1, -0.05) is 12.1 Å². The highest BCUT2D eigenvalue weighted by Gasteiger charge is 2.09. The highest BCUT2D eigenvalue weighted by Crippen LogP contribution is 2.19. The molecule has 2 N–H and O–H groups in total. The Hall–Kier alpha value is -1.06. The second-order valence-electron chi connectivity index (χ2n) is 3.21. The molecule has 78 valence electrons. The fourth-order valence-corrected chi connectivity index (χ4v) is 1.43. The van der Waals surface area contributed by atoms with Crippen LogP contribution in [0.1, 0.15) is 11.5 Å². The smallest absolute Gasteiger partial charge is 0.119 e. The van der Waals surface area contributed by atoms with Gasteiger partial charge in [-0.3, -0.25) is 0 Å². The maximum Gasteiger partial charge on any atom is 0.119 e. The molecular weight excluding hydrogens is 178 g/mol. The first-order valence-electron chi connectivity index (χ1n) is 4.71. The summed E-state index contributed by atoms with van der Waals surface area (Å²) in [6, 6.07) is 7.79. The summed E-state index contributed by atoms with van der Waals surface area (Å²) in [6.07, 6.45) is 0. The zero-order valence-electron chi connectivity index (χ0n) is 8.66. The lowest BCUT2D eigenvalue weighted by Gasteiger charge is -2.14. The third kappa shape index (κ3) is 2.72. The molecular formula is C11H17NO2. The van der Waals surface area contributed by atoms with Gasteiger partial charge in [0.15, 0.2) is 0 Å². The highest BCUT2D eigenvalue weighted by atomic mass is 16.5. The van der Waals surface area contributed by atoms with Crippen LogP contribution in [0.25, 0.3) is 0 Å². The van der Waals surface area contributed by atoms with Gasteiger partial charge >= 0.3 is 0 Å². The number of nitrogens with one attached hydrogen (secondary N) is 1. The van der Waals surface area contributed by atoms with Crippen LogP contribution >= 0.6 is 0 Å². The summed E-state index contributed by atoms with van der Waals surface area (Å²) in [5.74, 6) is 0.965. The maximum absolute atomic E-state index is 9.19. The SMILES string of the molecule is CNCC(CO)c1cccc(OC)c1. The van der Waals surface area contributed by atoms with Crippen molar-refractivity contribution in [2.45, 2.75) is 5.92 Å². The number of likely N-dealkylation sites (N-methyl/N-ethyl adjacent to an activating group) is 1. The molecule has 0 aliphatic carbocycles. The Morgan fingerprint density at radius 3 is 2.86 bits per heavy atom. The van der Waals surface area contributed by atoms with Crippen LogP contribution in [0.4, 0.5) is 0 Å². The first-order chi connectivity index (χ1) is 6.81. The number of rotatable bonds is 5. The largest absolute Gasteiger partial charge is 0.497 e. The normalized spacial score (nSPS) is 12.5. The third-order valence-corrected chi connectivity index (χ3v) is 2.24. The summed E-state index contributed by atoms with van der Waals surface area (Å²) < 4.78 is 5.13. The summed E-state index contributed by atoms with van der Waals surface area (Å²) in [6.45, 7) is 0.914. The van der Waals surface area contributed by atoms with E-state index in [-0.39, 0.29) is 12.5 Å². The summed E-state index contributed by atoms with van der Waals surface area (Å²) in [4.78, 5) is 0. The van der Waals surface area contributed by atoms with Crippen molar-refractivity contribution in [1.29, 1.82) is 0 Å². The van der Waals surface area contributed by atoms with Gasteiger partial charge in [-0.15, -0.1) is 0 Å². The van der Waals surface area contributed by atoms with E-state index in [4.69, 9.17) is 4.74 Å². The van der Waals surface area contributed by atoms with Crippen LogP contribution in [0.3, 0.4) is 0 Å². The number of ether oxygens (including phenoxy) is 1. The van der Waals surface area contributed by atoms with Crippen LogP contribution < -0.4 is 10.1 Å². The van der Waals surface area contributed by atoms with E-state index in [2.05, 4.69) is 5.32 Å². The van der Waals surface area contributed by atoms with Gasteiger partial charge in [-0.05, 0) is 24.7 Å². The standard InChI is InChI=1S/C11H17NO2/c1-12-7-10(8-13)9-4-3-5-11(6-9)14-2/h3-6,10,12-13H,7-8H2,1-2H3. The van der Waals surface area contributed by atoms with Gasteiger partial charge in [-0.25, -0.2) is 0 Å². The van der Waals surface area contributed by atoms with Crippen molar-refractivity contribution in [3.8, 4) is 5.75 Å². The van der Waals surface area contributed by atoms with E-state index >= 15 is 0 Å². The Kier molecular flexibility index (Phi) is 4.43. The fraction of sp³-hybridized carbons (Fsp3) is 0.455. The Morgan fingerprint density at radius 1 is 1.50 bits per heavy atom. The van der Waals surface area contributed by atoms with Gasteiger partial charge in [-0.2, -0.15) is 0 Å². The number of aliphatic hydroxyl groups is 1. The van der Waals surface area contributed by atoms with Crippen molar-refractivity contribution in [3.63, 3.8) is 0 Å². The van der Waals surface area contributed by atoms with Gasteiger partial charge in [0, 0.05) is 12.5 Å². The molecule has 0 aliphatic rings. The number of hydrogen-bond acceptors (Lipinski definition) is 3. The van der Waals surface area contributed by atoms with Crippen LogP contribution in [0, 0.1) is 0 Å². The van der Waals surface area contributed by atoms with E-state index in [0.717, 1.165) is 17.9 Å². The molecule has 1 aromatic carbocycles. The molecule has 0 saturated carbocycles. The summed E-state index contributed by atoms with van der Waals surface area (Å²) in [5, 5.41) is 12.2. The molecule has 1 rings (SSSR count). The molecule has 0 amide bonds. The average molecular weight is 195 g/mol. The van der Waals surface area contributed by atoms with Crippen molar-refractivity contribution < 1.29 is 9.84 Å². The Bertz CT molecular complexity index is 276. The molecule has 0 aliphatic heterocycles. The molecule has 1 aromatic rings. The number of hydrogen-bond donors (Lipinski definition) is 2. The van der Waals surface area contributed by atoms with Gasteiger partial charge < -0.3 is 15.2 Å². The molecule has 1 unspecified atom stereocenters. The van der Waals surface area contributed by atoms with Gasteiger partial charge in [0.2, 0.25) is 0 Å². The molecule has 0 aromatic heterocycles. The third-order valence-electron chi connectivity index (χ3n) is 2.24. The van der Waals surface area contributed by atoms with E-state index < -0.39 is 0 Å². The van der Waals surface area contributed by atoms with Crippen molar-refractivity contribution in [2.24, 2.45) is 0 Å². The van der Waals surface area contributed by atoms with E-state index in [1.165, 1.54) is 0 Å². The summed E-state index contributed by atoms with van der Waals surface area (Å²) >= 11 is 0. The predicted octanol–water partition coefficient (Wildman–Crippen LogP) is 0.990. The van der Waals surface area contributed by atoms with Crippen LogP contribution in [-0.4, -0.2) is 32.4 Å². The summed E-state index contributed by atoms with van der Waals surface area (Å²) in [5.41, 5.74) is 1.10. The number of methoxy groups -OCH3 is 1. The minimum absolute atomic E-state index is 0.134. The molecule has 0 radical (unpaired) electrons. The van der Waals surface area contributed by atoms with E-state index in [1.54, 1.807) is 7.11 Å².